The molecule has 0 saturated carbocycles. The lowest BCUT2D eigenvalue weighted by atomic mass is 10.1. The molecule has 164 valence electrons. The Labute approximate surface area is 182 Å². The van der Waals surface area contributed by atoms with E-state index in [9.17, 15) is 9.59 Å². The lowest BCUT2D eigenvalue weighted by Gasteiger charge is -2.26. The predicted octanol–water partition coefficient (Wildman–Crippen LogP) is 3.48. The van der Waals surface area contributed by atoms with Crippen LogP contribution in [0.3, 0.4) is 0 Å². The highest BCUT2D eigenvalue weighted by Crippen LogP contribution is 2.27. The summed E-state index contributed by atoms with van der Waals surface area (Å²) in [6.07, 6.45) is 1.68. The van der Waals surface area contributed by atoms with Crippen molar-refractivity contribution in [1.29, 1.82) is 0 Å². The first-order chi connectivity index (χ1) is 15.1. The van der Waals surface area contributed by atoms with Crippen LogP contribution < -0.4 is 9.47 Å². The van der Waals surface area contributed by atoms with Crippen molar-refractivity contribution < 1.29 is 23.8 Å². The number of hydrogen-bond acceptors (Lipinski definition) is 5. The summed E-state index contributed by atoms with van der Waals surface area (Å²) in [4.78, 5) is 29.4. The summed E-state index contributed by atoms with van der Waals surface area (Å²) in [6.45, 7) is 1.97. The Kier molecular flexibility index (Phi) is 6.60. The molecule has 1 unspecified atom stereocenters. The highest BCUT2D eigenvalue weighted by atomic mass is 16.6. The first-order valence-corrected chi connectivity index (χ1v) is 10.7. The van der Waals surface area contributed by atoms with Crippen molar-refractivity contribution >= 4 is 12.0 Å². The quantitative estimate of drug-likeness (QED) is 0.710. The number of likely N-dealkylation sites (tertiary alicyclic amines) is 2. The van der Waals surface area contributed by atoms with Crippen LogP contribution in [0.1, 0.15) is 24.8 Å². The molecule has 7 heteroatoms. The number of benzene rings is 2. The van der Waals surface area contributed by atoms with Crippen molar-refractivity contribution in [3.05, 3.63) is 60.2 Å². The molecule has 2 aromatic carbocycles. The number of carbonyl (C=O) groups excluding carboxylic acids is 2. The minimum atomic E-state index is -0.565. The van der Waals surface area contributed by atoms with Gasteiger partial charge in [0, 0.05) is 19.5 Å². The van der Waals surface area contributed by atoms with Gasteiger partial charge in [-0.15, -0.1) is 0 Å². The van der Waals surface area contributed by atoms with E-state index in [1.54, 1.807) is 7.11 Å². The molecule has 0 radical (unpaired) electrons. The molecule has 2 aliphatic rings. The van der Waals surface area contributed by atoms with E-state index in [-0.39, 0.29) is 18.6 Å². The fourth-order valence-corrected chi connectivity index (χ4v) is 4.12. The average molecular weight is 424 g/mol. The molecule has 2 aromatic rings. The summed E-state index contributed by atoms with van der Waals surface area (Å²) in [5.41, 5.74) is 0.906. The van der Waals surface area contributed by atoms with Gasteiger partial charge in [-0.25, -0.2) is 4.79 Å². The third kappa shape index (κ3) is 5.10. The molecular formula is C24H28N2O5. The van der Waals surface area contributed by atoms with Crippen LogP contribution >= 0.6 is 0 Å². The van der Waals surface area contributed by atoms with Crippen molar-refractivity contribution in [1.82, 2.24) is 9.80 Å². The molecule has 2 heterocycles. The van der Waals surface area contributed by atoms with Gasteiger partial charge in [0.05, 0.1) is 13.7 Å². The number of hydrogen-bond donors (Lipinski definition) is 0. The maximum Gasteiger partial charge on any atom is 0.410 e. The SMILES string of the molecule is COc1ccc(OC2C[C@H](C(=O)N3CCCC3)N(C(=O)OCc3ccccc3)C2)cc1. The van der Waals surface area contributed by atoms with Crippen molar-refractivity contribution in [3.63, 3.8) is 0 Å². The van der Waals surface area contributed by atoms with Crippen LogP contribution in [0.25, 0.3) is 0 Å². The number of carbonyl (C=O) groups is 2. The lowest BCUT2D eigenvalue weighted by molar-refractivity contribution is -0.134. The summed E-state index contributed by atoms with van der Waals surface area (Å²) in [7, 11) is 1.61. The Bertz CT molecular complexity index is 881. The zero-order valence-corrected chi connectivity index (χ0v) is 17.7. The third-order valence-electron chi connectivity index (χ3n) is 5.77. The second-order valence-corrected chi connectivity index (χ2v) is 7.89. The topological polar surface area (TPSA) is 68.3 Å². The Balaban J connectivity index is 1.44. The Hall–Kier alpha value is -3.22. The molecule has 2 aliphatic heterocycles. The highest BCUT2D eigenvalue weighted by molar-refractivity contribution is 5.86. The average Bonchev–Trinajstić information content (AvgIpc) is 3.49. The van der Waals surface area contributed by atoms with Gasteiger partial charge in [0.25, 0.3) is 0 Å². The molecule has 2 amide bonds. The molecule has 31 heavy (non-hydrogen) atoms. The van der Waals surface area contributed by atoms with Gasteiger partial charge in [0.1, 0.15) is 30.3 Å². The molecule has 4 rings (SSSR count). The Morgan fingerprint density at radius 2 is 1.65 bits per heavy atom. The van der Waals surface area contributed by atoms with E-state index in [1.165, 1.54) is 4.90 Å². The Morgan fingerprint density at radius 3 is 2.32 bits per heavy atom. The molecule has 2 atom stereocenters. The van der Waals surface area contributed by atoms with Crippen molar-refractivity contribution in [2.24, 2.45) is 0 Å². The van der Waals surface area contributed by atoms with Crippen molar-refractivity contribution in [2.75, 3.05) is 26.7 Å². The highest BCUT2D eigenvalue weighted by Gasteiger charge is 2.43. The second kappa shape index (κ2) is 9.73. The molecule has 0 bridgehead atoms. The van der Waals surface area contributed by atoms with Gasteiger partial charge < -0.3 is 19.1 Å². The van der Waals surface area contributed by atoms with Gasteiger partial charge in [-0.2, -0.15) is 0 Å². The smallest absolute Gasteiger partial charge is 0.410 e. The fraction of sp³-hybridized carbons (Fsp3) is 0.417. The van der Waals surface area contributed by atoms with Crippen LogP contribution in [0.15, 0.2) is 54.6 Å². The largest absolute Gasteiger partial charge is 0.497 e. The van der Waals surface area contributed by atoms with Crippen LogP contribution in [0.2, 0.25) is 0 Å². The molecule has 7 nitrogen and oxygen atoms in total. The molecule has 2 saturated heterocycles. The van der Waals surface area contributed by atoms with Crippen LogP contribution in [0, 0.1) is 0 Å². The van der Waals surface area contributed by atoms with Crippen molar-refractivity contribution in [2.45, 2.75) is 38.0 Å². The van der Waals surface area contributed by atoms with E-state index in [1.807, 2.05) is 59.5 Å². The predicted molar refractivity (Wildman–Crippen MR) is 115 cm³/mol. The number of methoxy groups -OCH3 is 1. The fourth-order valence-electron chi connectivity index (χ4n) is 4.12. The number of rotatable bonds is 6. The molecule has 0 aromatic heterocycles. The van der Waals surface area contributed by atoms with E-state index in [4.69, 9.17) is 14.2 Å². The molecule has 0 spiro atoms. The molecule has 0 N–H and O–H groups in total. The molecular weight excluding hydrogens is 396 g/mol. The van der Waals surface area contributed by atoms with Gasteiger partial charge in [0.15, 0.2) is 0 Å². The second-order valence-electron chi connectivity index (χ2n) is 7.89. The van der Waals surface area contributed by atoms with Crippen LogP contribution in [-0.2, 0) is 16.1 Å². The van der Waals surface area contributed by atoms with Crippen LogP contribution in [-0.4, -0.2) is 60.7 Å². The van der Waals surface area contributed by atoms with Crippen LogP contribution in [0.4, 0.5) is 4.79 Å². The lowest BCUT2D eigenvalue weighted by Crippen LogP contribution is -2.47. The summed E-state index contributed by atoms with van der Waals surface area (Å²) in [5.74, 6) is 1.40. The number of ether oxygens (including phenoxy) is 3. The van der Waals surface area contributed by atoms with E-state index < -0.39 is 12.1 Å². The van der Waals surface area contributed by atoms with Crippen molar-refractivity contribution in [3.8, 4) is 11.5 Å². The zero-order valence-electron chi connectivity index (χ0n) is 17.7. The Morgan fingerprint density at radius 1 is 0.968 bits per heavy atom. The third-order valence-corrected chi connectivity index (χ3v) is 5.77. The summed E-state index contributed by atoms with van der Waals surface area (Å²) in [5, 5.41) is 0. The maximum atomic E-state index is 13.1. The van der Waals surface area contributed by atoms with E-state index in [2.05, 4.69) is 0 Å². The minimum Gasteiger partial charge on any atom is -0.497 e. The number of amides is 2. The summed E-state index contributed by atoms with van der Waals surface area (Å²) in [6, 6.07) is 16.3. The zero-order chi connectivity index (χ0) is 21.6. The monoisotopic (exact) mass is 424 g/mol. The first kappa shape index (κ1) is 21.0. The van der Waals surface area contributed by atoms with E-state index in [0.29, 0.717) is 18.7 Å². The van der Waals surface area contributed by atoms with Gasteiger partial charge in [-0.05, 0) is 42.7 Å². The van der Waals surface area contributed by atoms with Gasteiger partial charge >= 0.3 is 6.09 Å². The molecule has 2 fully saturated rings. The van der Waals surface area contributed by atoms with Gasteiger partial charge in [0.2, 0.25) is 5.91 Å². The molecule has 0 aliphatic carbocycles. The van der Waals surface area contributed by atoms with Gasteiger partial charge in [-0.1, -0.05) is 30.3 Å². The normalized spacial score (nSPS) is 20.5. The summed E-state index contributed by atoms with van der Waals surface area (Å²) >= 11 is 0. The van der Waals surface area contributed by atoms with Crippen LogP contribution in [0.5, 0.6) is 11.5 Å². The number of nitrogens with zero attached hydrogens (tertiary/aromatic N) is 2. The maximum absolute atomic E-state index is 13.1. The minimum absolute atomic E-state index is 0.0185. The first-order valence-electron chi connectivity index (χ1n) is 10.7. The van der Waals surface area contributed by atoms with E-state index >= 15 is 0 Å². The summed E-state index contributed by atoms with van der Waals surface area (Å²) < 4.78 is 16.8. The van der Waals surface area contributed by atoms with E-state index in [0.717, 1.165) is 37.2 Å². The standard InChI is InChI=1S/C24H28N2O5/c1-29-19-9-11-20(12-10-19)31-21-15-22(23(27)25-13-5-6-14-25)26(16-21)24(28)30-17-18-7-3-2-4-8-18/h2-4,7-12,21-22H,5-6,13-17H2,1H3/t21?,22-/m1/s1. The van der Waals surface area contributed by atoms with Gasteiger partial charge in [-0.3, -0.25) is 9.69 Å².